The van der Waals surface area contributed by atoms with Gasteiger partial charge in [-0.05, 0) is 37.2 Å². The van der Waals surface area contributed by atoms with Crippen LogP contribution < -0.4 is 11.1 Å². The average Bonchev–Trinajstić information content (AvgIpc) is 2.69. The Bertz CT molecular complexity index is 451. The van der Waals surface area contributed by atoms with Crippen molar-refractivity contribution in [1.29, 1.82) is 0 Å². The van der Waals surface area contributed by atoms with Crippen LogP contribution in [0, 0.1) is 5.41 Å². The first-order chi connectivity index (χ1) is 8.81. The minimum Gasteiger partial charge on any atom is -0.351 e. The van der Waals surface area contributed by atoms with E-state index in [0.29, 0.717) is 5.41 Å². The minimum atomic E-state index is -0.964. The van der Waals surface area contributed by atoms with Gasteiger partial charge < -0.3 is 11.1 Å². The molecule has 1 aromatic rings. The van der Waals surface area contributed by atoms with Gasteiger partial charge in [-0.15, -0.1) is 0 Å². The highest BCUT2D eigenvalue weighted by molar-refractivity contribution is 5.87. The zero-order valence-corrected chi connectivity index (χ0v) is 12.1. The van der Waals surface area contributed by atoms with Crippen LogP contribution in [0.5, 0.6) is 0 Å². The lowest BCUT2D eigenvalue weighted by molar-refractivity contribution is -0.126. The molecule has 0 aliphatic heterocycles. The first kappa shape index (κ1) is 14.1. The zero-order valence-electron chi connectivity index (χ0n) is 12.1. The SMILES string of the molecule is CC1(C)CCC(NC(=O)C(C)(N)c2ccccc2)C1. The number of hydrogen-bond acceptors (Lipinski definition) is 2. The third-order valence-electron chi connectivity index (χ3n) is 4.15. The van der Waals surface area contributed by atoms with Crippen LogP contribution >= 0.6 is 0 Å². The van der Waals surface area contributed by atoms with E-state index in [1.54, 1.807) is 6.92 Å². The summed E-state index contributed by atoms with van der Waals surface area (Å²) in [6.45, 7) is 6.27. The van der Waals surface area contributed by atoms with Crippen LogP contribution in [0.2, 0.25) is 0 Å². The smallest absolute Gasteiger partial charge is 0.244 e. The average molecular weight is 260 g/mol. The van der Waals surface area contributed by atoms with E-state index >= 15 is 0 Å². The van der Waals surface area contributed by atoms with Crippen LogP contribution in [-0.4, -0.2) is 11.9 Å². The molecule has 2 atom stereocenters. The molecule has 104 valence electrons. The van der Waals surface area contributed by atoms with Gasteiger partial charge in [-0.25, -0.2) is 0 Å². The molecule has 0 radical (unpaired) electrons. The fourth-order valence-electron chi connectivity index (χ4n) is 2.81. The van der Waals surface area contributed by atoms with E-state index in [0.717, 1.165) is 24.8 Å². The molecule has 1 fully saturated rings. The third kappa shape index (κ3) is 3.16. The second-order valence-electron chi connectivity index (χ2n) is 6.65. The largest absolute Gasteiger partial charge is 0.351 e. The third-order valence-corrected chi connectivity index (χ3v) is 4.15. The molecular weight excluding hydrogens is 236 g/mol. The summed E-state index contributed by atoms with van der Waals surface area (Å²) in [5.74, 6) is -0.0820. The Morgan fingerprint density at radius 2 is 2.00 bits per heavy atom. The monoisotopic (exact) mass is 260 g/mol. The Morgan fingerprint density at radius 3 is 2.53 bits per heavy atom. The van der Waals surface area contributed by atoms with Gasteiger partial charge in [0.1, 0.15) is 5.54 Å². The van der Waals surface area contributed by atoms with Crippen LogP contribution in [0.15, 0.2) is 30.3 Å². The first-order valence-corrected chi connectivity index (χ1v) is 6.97. The second-order valence-corrected chi connectivity index (χ2v) is 6.65. The molecule has 1 aromatic carbocycles. The summed E-state index contributed by atoms with van der Waals surface area (Å²) in [4.78, 5) is 12.4. The quantitative estimate of drug-likeness (QED) is 0.877. The molecule has 0 aromatic heterocycles. The summed E-state index contributed by atoms with van der Waals surface area (Å²) in [7, 11) is 0. The standard InChI is InChI=1S/C16H24N2O/c1-15(2)10-9-13(11-15)18-14(19)16(3,17)12-7-5-4-6-8-12/h4-8,13H,9-11,17H2,1-3H3,(H,18,19). The molecule has 3 nitrogen and oxygen atoms in total. The van der Waals surface area contributed by atoms with Gasteiger partial charge in [-0.1, -0.05) is 44.2 Å². The maximum atomic E-state index is 12.4. The zero-order chi connectivity index (χ0) is 14.1. The van der Waals surface area contributed by atoms with Crippen molar-refractivity contribution >= 4 is 5.91 Å². The van der Waals surface area contributed by atoms with Gasteiger partial charge in [-0.3, -0.25) is 4.79 Å². The number of nitrogens with two attached hydrogens (primary N) is 1. The second kappa shape index (κ2) is 4.97. The van der Waals surface area contributed by atoms with E-state index < -0.39 is 5.54 Å². The lowest BCUT2D eigenvalue weighted by Crippen LogP contribution is -2.51. The van der Waals surface area contributed by atoms with Crippen molar-refractivity contribution in [3.8, 4) is 0 Å². The molecule has 3 heteroatoms. The molecule has 19 heavy (non-hydrogen) atoms. The van der Waals surface area contributed by atoms with E-state index in [1.807, 2.05) is 30.3 Å². The number of carbonyl (C=O) groups is 1. The van der Waals surface area contributed by atoms with Crippen LogP contribution in [0.4, 0.5) is 0 Å². The van der Waals surface area contributed by atoms with Crippen LogP contribution in [0.3, 0.4) is 0 Å². The topological polar surface area (TPSA) is 55.1 Å². The number of nitrogens with one attached hydrogen (secondary N) is 1. The number of hydrogen-bond donors (Lipinski definition) is 2. The summed E-state index contributed by atoms with van der Waals surface area (Å²) >= 11 is 0. The number of amides is 1. The van der Waals surface area contributed by atoms with E-state index in [1.165, 1.54) is 0 Å². The fraction of sp³-hybridized carbons (Fsp3) is 0.562. The summed E-state index contributed by atoms with van der Waals surface area (Å²) in [6, 6.07) is 9.81. The number of rotatable bonds is 3. The van der Waals surface area contributed by atoms with Crippen molar-refractivity contribution in [1.82, 2.24) is 5.32 Å². The molecule has 2 rings (SSSR count). The van der Waals surface area contributed by atoms with Crippen molar-refractivity contribution < 1.29 is 4.79 Å². The molecule has 0 heterocycles. The lowest BCUT2D eigenvalue weighted by atomic mass is 9.90. The summed E-state index contributed by atoms with van der Waals surface area (Å²) in [5.41, 5.74) is 6.43. The minimum absolute atomic E-state index is 0.0820. The molecule has 1 aliphatic rings. The summed E-state index contributed by atoms with van der Waals surface area (Å²) in [6.07, 6.45) is 3.23. The Kier molecular flexibility index (Phi) is 3.68. The van der Waals surface area contributed by atoms with Crippen molar-refractivity contribution in [3.63, 3.8) is 0 Å². The van der Waals surface area contributed by atoms with E-state index in [4.69, 9.17) is 5.73 Å². The van der Waals surface area contributed by atoms with Crippen molar-refractivity contribution in [2.75, 3.05) is 0 Å². The predicted molar refractivity (Wildman–Crippen MR) is 77.5 cm³/mol. The van der Waals surface area contributed by atoms with Gasteiger partial charge in [0.2, 0.25) is 5.91 Å². The normalized spacial score (nSPS) is 24.7. The Morgan fingerprint density at radius 1 is 1.37 bits per heavy atom. The van der Waals surface area contributed by atoms with Crippen LogP contribution in [-0.2, 0) is 10.3 Å². The molecule has 0 spiro atoms. The van der Waals surface area contributed by atoms with E-state index in [2.05, 4.69) is 19.2 Å². The number of carbonyl (C=O) groups excluding carboxylic acids is 1. The highest BCUT2D eigenvalue weighted by Crippen LogP contribution is 2.37. The van der Waals surface area contributed by atoms with E-state index in [-0.39, 0.29) is 11.9 Å². The van der Waals surface area contributed by atoms with Gasteiger partial charge in [-0.2, -0.15) is 0 Å². The molecular formula is C16H24N2O. The molecule has 2 unspecified atom stereocenters. The van der Waals surface area contributed by atoms with Crippen molar-refractivity contribution in [2.45, 2.75) is 51.6 Å². The van der Waals surface area contributed by atoms with Gasteiger partial charge in [0.15, 0.2) is 0 Å². The van der Waals surface area contributed by atoms with Gasteiger partial charge in [0.05, 0.1) is 0 Å². The first-order valence-electron chi connectivity index (χ1n) is 6.97. The fourth-order valence-corrected chi connectivity index (χ4v) is 2.81. The molecule has 1 aliphatic carbocycles. The van der Waals surface area contributed by atoms with Crippen LogP contribution in [0.1, 0.15) is 45.6 Å². The molecule has 1 saturated carbocycles. The molecule has 1 amide bonds. The van der Waals surface area contributed by atoms with E-state index in [9.17, 15) is 4.79 Å². The van der Waals surface area contributed by atoms with Gasteiger partial charge in [0, 0.05) is 6.04 Å². The number of benzene rings is 1. The highest BCUT2D eigenvalue weighted by Gasteiger charge is 2.36. The lowest BCUT2D eigenvalue weighted by Gasteiger charge is -2.27. The Balaban J connectivity index is 2.04. The highest BCUT2D eigenvalue weighted by atomic mass is 16.2. The predicted octanol–water partition coefficient (Wildman–Crippen LogP) is 2.56. The maximum Gasteiger partial charge on any atom is 0.244 e. The summed E-state index contributed by atoms with van der Waals surface area (Å²) in [5, 5.41) is 3.11. The maximum absolute atomic E-state index is 12.4. The molecule has 0 bridgehead atoms. The summed E-state index contributed by atoms with van der Waals surface area (Å²) < 4.78 is 0. The van der Waals surface area contributed by atoms with Crippen LogP contribution in [0.25, 0.3) is 0 Å². The Labute approximate surface area is 115 Å². The van der Waals surface area contributed by atoms with Crippen molar-refractivity contribution in [2.24, 2.45) is 11.1 Å². The molecule has 3 N–H and O–H groups in total. The van der Waals surface area contributed by atoms with Gasteiger partial charge >= 0.3 is 0 Å². The Hall–Kier alpha value is -1.35. The van der Waals surface area contributed by atoms with Gasteiger partial charge in [0.25, 0.3) is 0 Å². The molecule has 0 saturated heterocycles. The van der Waals surface area contributed by atoms with Crippen molar-refractivity contribution in [3.05, 3.63) is 35.9 Å².